The predicted molar refractivity (Wildman–Crippen MR) is 189 cm³/mol. The van der Waals surface area contributed by atoms with Crippen LogP contribution >= 0.6 is 0 Å². The smallest absolute Gasteiger partial charge is 0.261 e. The highest BCUT2D eigenvalue weighted by Gasteiger charge is 2.51. The zero-order valence-electron chi connectivity index (χ0n) is 28.2. The molecule has 244 valence electrons. The van der Waals surface area contributed by atoms with Crippen LogP contribution in [0.5, 0.6) is 0 Å². The molecule has 0 spiro atoms. The second kappa shape index (κ2) is 16.6. The lowest BCUT2D eigenvalue weighted by molar-refractivity contribution is -0.182. The fourth-order valence-electron chi connectivity index (χ4n) is 6.33. The third-order valence-electron chi connectivity index (χ3n) is 8.72. The van der Waals surface area contributed by atoms with Crippen LogP contribution in [0, 0.1) is 11.8 Å². The molecular formula is C37H57NO4SSi. The number of allylic oxidation sites excluding steroid dienone is 1. The molecule has 1 N–H and O–H groups in total. The number of hydrogen-bond donors (Lipinski definition) is 1. The van der Waals surface area contributed by atoms with E-state index in [4.69, 9.17) is 13.9 Å². The first-order valence-corrected chi connectivity index (χ1v) is 19.3. The average molecular weight is 640 g/mol. The Hall–Kier alpha value is -1.87. The molecule has 3 rings (SSSR count). The summed E-state index contributed by atoms with van der Waals surface area (Å²) in [7, 11) is -3.98. The molecule has 2 aromatic carbocycles. The molecule has 5 nitrogen and oxygen atoms in total. The highest BCUT2D eigenvalue weighted by atomic mass is 32.2. The van der Waals surface area contributed by atoms with Crippen LogP contribution in [0.4, 0.5) is 0 Å². The summed E-state index contributed by atoms with van der Waals surface area (Å²) in [6.45, 7) is 25.1. The molecule has 1 heterocycles. The van der Waals surface area contributed by atoms with E-state index in [1.54, 1.807) is 0 Å². The second-order valence-electron chi connectivity index (χ2n) is 14.2. The monoisotopic (exact) mass is 639 g/mol. The van der Waals surface area contributed by atoms with Gasteiger partial charge in [0, 0.05) is 6.04 Å². The molecule has 0 radical (unpaired) electrons. The van der Waals surface area contributed by atoms with E-state index in [-0.39, 0.29) is 40.1 Å². The quantitative estimate of drug-likeness (QED) is 0.155. The van der Waals surface area contributed by atoms with Gasteiger partial charge in [0.15, 0.2) is 6.29 Å². The van der Waals surface area contributed by atoms with Crippen molar-refractivity contribution in [2.75, 3.05) is 13.2 Å². The van der Waals surface area contributed by atoms with Crippen molar-refractivity contribution in [2.45, 2.75) is 109 Å². The molecule has 0 aliphatic carbocycles. The molecule has 0 bridgehead atoms. The van der Waals surface area contributed by atoms with Crippen LogP contribution in [-0.4, -0.2) is 48.9 Å². The minimum absolute atomic E-state index is 0.00415. The topological polar surface area (TPSA) is 56.8 Å². The summed E-state index contributed by atoms with van der Waals surface area (Å²) in [5.41, 5.74) is 0. The minimum atomic E-state index is -2.76. The standard InChI is InChI=1S/C37H57NO4SSi/c1-10-19-33(34(38-43(39)36(4,5)6)24-25-35-40-26-18-27-41-35)29(3)28-30(11-2)42-44(37(7,8)9,31-20-14-12-15-21-31)32-22-16-13-17-23-32/h10-17,20-23,29-30,33-35,38H,1-2,18-19,24-28H2,3-9H3/t29-,30-,33-,34+,43+/m1/s1. The van der Waals surface area contributed by atoms with Crippen molar-refractivity contribution in [3.8, 4) is 0 Å². The van der Waals surface area contributed by atoms with Crippen LogP contribution in [-0.2, 0) is 24.9 Å². The Morgan fingerprint density at radius 2 is 1.52 bits per heavy atom. The Bertz CT molecular complexity index is 1130. The van der Waals surface area contributed by atoms with Crippen LogP contribution in [0.25, 0.3) is 0 Å². The zero-order valence-corrected chi connectivity index (χ0v) is 30.0. The maximum atomic E-state index is 13.4. The maximum Gasteiger partial charge on any atom is 0.261 e. The number of ether oxygens (including phenoxy) is 2. The molecule has 0 unspecified atom stereocenters. The van der Waals surface area contributed by atoms with E-state index >= 15 is 0 Å². The third kappa shape index (κ3) is 9.57. The Kier molecular flexibility index (Phi) is 13.8. The van der Waals surface area contributed by atoms with Crippen molar-refractivity contribution in [3.05, 3.63) is 86.0 Å². The Morgan fingerprint density at radius 1 is 0.977 bits per heavy atom. The first-order valence-electron chi connectivity index (χ1n) is 16.3. The highest BCUT2D eigenvalue weighted by Crippen LogP contribution is 2.39. The molecule has 1 aliphatic rings. The fourth-order valence-corrected chi connectivity index (χ4v) is 11.9. The van der Waals surface area contributed by atoms with Crippen LogP contribution in [0.3, 0.4) is 0 Å². The largest absolute Gasteiger partial charge is 0.401 e. The normalized spacial score (nSPS) is 18.6. The van der Waals surface area contributed by atoms with Crippen LogP contribution in [0.15, 0.2) is 86.0 Å². The lowest BCUT2D eigenvalue weighted by Gasteiger charge is -2.45. The van der Waals surface area contributed by atoms with E-state index < -0.39 is 19.3 Å². The van der Waals surface area contributed by atoms with Gasteiger partial charge in [-0.15, -0.1) is 13.2 Å². The number of hydrogen-bond acceptors (Lipinski definition) is 4. The number of rotatable bonds is 16. The van der Waals surface area contributed by atoms with E-state index in [0.717, 1.165) is 45.3 Å². The first-order chi connectivity index (χ1) is 20.8. The lowest BCUT2D eigenvalue weighted by Crippen LogP contribution is -2.67. The average Bonchev–Trinajstić information content (AvgIpc) is 3.00. The van der Waals surface area contributed by atoms with Crippen molar-refractivity contribution in [2.24, 2.45) is 11.8 Å². The van der Waals surface area contributed by atoms with Crippen LogP contribution in [0.2, 0.25) is 5.04 Å². The van der Waals surface area contributed by atoms with Gasteiger partial charge in [0.1, 0.15) is 0 Å². The molecule has 44 heavy (non-hydrogen) atoms. The van der Waals surface area contributed by atoms with E-state index in [2.05, 4.69) is 106 Å². The van der Waals surface area contributed by atoms with Gasteiger partial charge in [-0.05, 0) is 80.1 Å². The van der Waals surface area contributed by atoms with Gasteiger partial charge in [-0.25, -0.2) is 8.93 Å². The minimum Gasteiger partial charge on any atom is -0.401 e. The SMILES string of the molecule is C=CC[C@H]([C@H](C)C[C@@H](C=C)O[Si](c1ccccc1)(c1ccccc1)C(C)(C)C)[C@H](CCC1OCCCO1)N[S@@](=O)C(C)(C)C. The van der Waals surface area contributed by atoms with Gasteiger partial charge in [0.05, 0.1) is 35.1 Å². The van der Waals surface area contributed by atoms with Crippen LogP contribution < -0.4 is 15.1 Å². The van der Waals surface area contributed by atoms with E-state index in [9.17, 15) is 4.21 Å². The molecule has 0 aromatic heterocycles. The molecule has 1 saturated heterocycles. The summed E-state index contributed by atoms with van der Waals surface area (Å²) in [6, 6.07) is 21.5. The van der Waals surface area contributed by atoms with Gasteiger partial charge in [-0.1, -0.05) is 101 Å². The van der Waals surface area contributed by atoms with E-state index in [1.165, 1.54) is 10.4 Å². The molecule has 0 saturated carbocycles. The lowest BCUT2D eigenvalue weighted by atomic mass is 9.80. The first kappa shape index (κ1) is 36.6. The highest BCUT2D eigenvalue weighted by molar-refractivity contribution is 7.84. The molecule has 0 amide bonds. The molecule has 5 atom stereocenters. The van der Waals surface area contributed by atoms with Crippen molar-refractivity contribution in [1.29, 1.82) is 0 Å². The summed E-state index contributed by atoms with van der Waals surface area (Å²) in [5.74, 6) is 0.421. The van der Waals surface area contributed by atoms with Crippen molar-refractivity contribution in [3.63, 3.8) is 0 Å². The maximum absolute atomic E-state index is 13.4. The summed E-state index contributed by atoms with van der Waals surface area (Å²) >= 11 is 0. The second-order valence-corrected chi connectivity index (χ2v) is 20.4. The van der Waals surface area contributed by atoms with Gasteiger partial charge in [-0.2, -0.15) is 0 Å². The van der Waals surface area contributed by atoms with Gasteiger partial charge in [0.25, 0.3) is 8.32 Å². The molecule has 7 heteroatoms. The van der Waals surface area contributed by atoms with Crippen molar-refractivity contribution < 1.29 is 18.1 Å². The fraction of sp³-hybridized carbons (Fsp3) is 0.568. The van der Waals surface area contributed by atoms with Crippen molar-refractivity contribution in [1.82, 2.24) is 4.72 Å². The predicted octanol–water partition coefficient (Wildman–Crippen LogP) is 7.30. The number of benzene rings is 2. The van der Waals surface area contributed by atoms with Gasteiger partial charge < -0.3 is 13.9 Å². The van der Waals surface area contributed by atoms with Gasteiger partial charge in [-0.3, -0.25) is 0 Å². The zero-order chi connectivity index (χ0) is 32.4. The van der Waals surface area contributed by atoms with E-state index in [1.807, 2.05) is 32.9 Å². The van der Waals surface area contributed by atoms with E-state index in [0.29, 0.717) is 0 Å². The Labute approximate surface area is 271 Å². The third-order valence-corrected chi connectivity index (χ3v) is 15.4. The molecular weight excluding hydrogens is 583 g/mol. The van der Waals surface area contributed by atoms with Gasteiger partial charge >= 0.3 is 0 Å². The molecule has 1 aliphatic heterocycles. The summed E-state index contributed by atoms with van der Waals surface area (Å²) < 4.78 is 35.8. The van der Waals surface area contributed by atoms with Crippen molar-refractivity contribution >= 4 is 29.7 Å². The Morgan fingerprint density at radius 3 is 1.98 bits per heavy atom. The Balaban J connectivity index is 1.94. The molecule has 1 fully saturated rings. The van der Waals surface area contributed by atoms with Gasteiger partial charge in [0.2, 0.25) is 0 Å². The summed E-state index contributed by atoms with van der Waals surface area (Å²) in [5, 5.41) is 2.39. The number of nitrogens with one attached hydrogen (secondary N) is 1. The summed E-state index contributed by atoms with van der Waals surface area (Å²) in [4.78, 5) is 0. The van der Waals surface area contributed by atoms with Crippen LogP contribution in [0.1, 0.15) is 80.6 Å². The molecule has 2 aromatic rings. The summed E-state index contributed by atoms with van der Waals surface area (Å²) in [6.07, 6.45) is 7.68.